The second kappa shape index (κ2) is 18.1. The molecule has 0 spiro atoms. The smallest absolute Gasteiger partial charge is 0.407 e. The molecule has 258 valence electrons. The number of esters is 3. The first-order chi connectivity index (χ1) is 21.1. The summed E-state index contributed by atoms with van der Waals surface area (Å²) in [6, 6.07) is 6.55. The Balaban J connectivity index is 2.81. The molecule has 1 aromatic rings. The fourth-order valence-corrected chi connectivity index (χ4v) is 3.76. The standard InChI is InChI=1S/C33H51N3O10/c1-31(2,3)44-27(39)18-17-23(28(40)45-32(4,5)6)35-26(38)20-24(29(41)46-33(7,8)9)36-25(37)16-13-19-34-30(42)43-21-22-14-11-10-12-15-22/h10-12,14-15,23-24H,13,16-21H2,1-9H3,(H,34,42)(H,35,38)(H,36,37). The molecule has 13 heteroatoms. The van der Waals surface area contributed by atoms with Crippen LogP contribution in [0.1, 0.15) is 100.0 Å². The summed E-state index contributed by atoms with van der Waals surface area (Å²) in [4.78, 5) is 75.9. The molecule has 0 saturated carbocycles. The molecule has 1 rings (SSSR count). The van der Waals surface area contributed by atoms with Crippen LogP contribution in [0.3, 0.4) is 0 Å². The number of benzene rings is 1. The van der Waals surface area contributed by atoms with Gasteiger partial charge in [0, 0.05) is 19.4 Å². The average molecular weight is 650 g/mol. The first kappa shape index (κ1) is 39.9. The van der Waals surface area contributed by atoms with Gasteiger partial charge in [0.25, 0.3) is 0 Å². The van der Waals surface area contributed by atoms with Crippen LogP contribution in [0.25, 0.3) is 0 Å². The lowest BCUT2D eigenvalue weighted by Crippen LogP contribution is -2.50. The molecule has 1 aromatic carbocycles. The summed E-state index contributed by atoms with van der Waals surface area (Å²) >= 11 is 0. The third-order valence-corrected chi connectivity index (χ3v) is 5.56. The Morgan fingerprint density at radius 2 is 1.20 bits per heavy atom. The van der Waals surface area contributed by atoms with E-state index in [1.54, 1.807) is 62.3 Å². The summed E-state index contributed by atoms with van der Waals surface area (Å²) in [5.41, 5.74) is -1.68. The van der Waals surface area contributed by atoms with Gasteiger partial charge in [-0.15, -0.1) is 0 Å². The predicted octanol–water partition coefficient (Wildman–Crippen LogP) is 3.86. The van der Waals surface area contributed by atoms with Crippen molar-refractivity contribution < 1.29 is 47.7 Å². The summed E-state index contributed by atoms with van der Waals surface area (Å²) in [7, 11) is 0. The lowest BCUT2D eigenvalue weighted by Gasteiger charge is -2.26. The number of carbonyl (C=O) groups excluding carboxylic acids is 6. The van der Waals surface area contributed by atoms with Crippen molar-refractivity contribution in [2.45, 2.75) is 130 Å². The van der Waals surface area contributed by atoms with Crippen LogP contribution in [0.2, 0.25) is 0 Å². The van der Waals surface area contributed by atoms with Crippen LogP contribution in [0.5, 0.6) is 0 Å². The van der Waals surface area contributed by atoms with Crippen molar-refractivity contribution in [2.75, 3.05) is 6.54 Å². The fraction of sp³-hybridized carbons (Fsp3) is 0.636. The molecule has 0 fully saturated rings. The second-order valence-electron chi connectivity index (χ2n) is 13.7. The Hall–Kier alpha value is -4.16. The number of ether oxygens (including phenoxy) is 4. The average Bonchev–Trinajstić information content (AvgIpc) is 2.89. The minimum atomic E-state index is -1.37. The van der Waals surface area contributed by atoms with Crippen LogP contribution in [0, 0.1) is 0 Å². The third kappa shape index (κ3) is 19.3. The molecule has 13 nitrogen and oxygen atoms in total. The van der Waals surface area contributed by atoms with Crippen molar-refractivity contribution in [3.63, 3.8) is 0 Å². The first-order valence-corrected chi connectivity index (χ1v) is 15.3. The second-order valence-corrected chi connectivity index (χ2v) is 13.7. The Labute approximate surface area is 271 Å². The molecule has 0 saturated heterocycles. The van der Waals surface area contributed by atoms with Gasteiger partial charge in [0.05, 0.1) is 6.42 Å². The van der Waals surface area contributed by atoms with Gasteiger partial charge in [0.15, 0.2) is 0 Å². The van der Waals surface area contributed by atoms with E-state index >= 15 is 0 Å². The highest BCUT2D eigenvalue weighted by Gasteiger charge is 2.32. The van der Waals surface area contributed by atoms with Crippen LogP contribution in [0.15, 0.2) is 30.3 Å². The van der Waals surface area contributed by atoms with Gasteiger partial charge in [0.1, 0.15) is 35.5 Å². The minimum absolute atomic E-state index is 0.0731. The van der Waals surface area contributed by atoms with Crippen LogP contribution in [0.4, 0.5) is 4.79 Å². The maximum Gasteiger partial charge on any atom is 0.407 e. The molecule has 0 aromatic heterocycles. The number of nitrogens with one attached hydrogen (secondary N) is 3. The molecular formula is C33H51N3O10. The summed E-state index contributed by atoms with van der Waals surface area (Å²) < 4.78 is 21.3. The van der Waals surface area contributed by atoms with E-state index in [0.29, 0.717) is 0 Å². The molecule has 0 aliphatic carbocycles. The van der Waals surface area contributed by atoms with E-state index in [4.69, 9.17) is 18.9 Å². The Kier molecular flexibility index (Phi) is 15.7. The van der Waals surface area contributed by atoms with E-state index in [0.717, 1.165) is 5.56 Å². The molecule has 0 aliphatic rings. The SMILES string of the molecule is CC(C)(C)OC(=O)CCC(NC(=O)CC(NC(=O)CCCNC(=O)OCc1ccccc1)C(=O)OC(C)(C)C)C(=O)OC(C)(C)C. The maximum atomic E-state index is 13.1. The van der Waals surface area contributed by atoms with Gasteiger partial charge >= 0.3 is 24.0 Å². The number of amides is 3. The topological polar surface area (TPSA) is 175 Å². The first-order valence-electron chi connectivity index (χ1n) is 15.3. The molecule has 0 radical (unpaired) electrons. The summed E-state index contributed by atoms with van der Waals surface area (Å²) in [5.74, 6) is -3.48. The van der Waals surface area contributed by atoms with Crippen LogP contribution in [-0.4, -0.2) is 71.2 Å². The molecule has 46 heavy (non-hydrogen) atoms. The number of rotatable bonds is 15. The zero-order valence-corrected chi connectivity index (χ0v) is 28.6. The van der Waals surface area contributed by atoms with Gasteiger partial charge in [-0.25, -0.2) is 14.4 Å². The molecule has 2 atom stereocenters. The molecule has 3 amide bonds. The van der Waals surface area contributed by atoms with E-state index in [9.17, 15) is 28.8 Å². The minimum Gasteiger partial charge on any atom is -0.460 e. The Morgan fingerprint density at radius 1 is 0.674 bits per heavy atom. The zero-order chi connectivity index (χ0) is 35.1. The zero-order valence-electron chi connectivity index (χ0n) is 28.6. The summed E-state index contributed by atoms with van der Waals surface area (Å²) in [6.45, 7) is 15.3. The van der Waals surface area contributed by atoms with Gasteiger partial charge in [0.2, 0.25) is 11.8 Å². The van der Waals surface area contributed by atoms with Crippen molar-refractivity contribution in [1.29, 1.82) is 0 Å². The van der Waals surface area contributed by atoms with Crippen molar-refractivity contribution in [3.05, 3.63) is 35.9 Å². The quantitative estimate of drug-likeness (QED) is 0.144. The van der Waals surface area contributed by atoms with E-state index in [1.807, 2.05) is 30.3 Å². The fourth-order valence-electron chi connectivity index (χ4n) is 3.76. The highest BCUT2D eigenvalue weighted by molar-refractivity contribution is 5.91. The molecule has 3 N–H and O–H groups in total. The van der Waals surface area contributed by atoms with Crippen LogP contribution in [-0.2, 0) is 49.5 Å². The lowest BCUT2D eigenvalue weighted by atomic mass is 10.1. The Morgan fingerprint density at radius 3 is 1.74 bits per heavy atom. The van der Waals surface area contributed by atoms with E-state index < -0.39 is 71.1 Å². The lowest BCUT2D eigenvalue weighted by molar-refractivity contribution is -0.160. The molecule has 0 aliphatic heterocycles. The van der Waals surface area contributed by atoms with E-state index in [1.165, 1.54) is 0 Å². The predicted molar refractivity (Wildman–Crippen MR) is 169 cm³/mol. The summed E-state index contributed by atoms with van der Waals surface area (Å²) in [6.07, 6.45) is -1.32. The normalized spacial score (nSPS) is 13.0. The van der Waals surface area contributed by atoms with Gasteiger partial charge < -0.3 is 34.9 Å². The third-order valence-electron chi connectivity index (χ3n) is 5.56. The largest absolute Gasteiger partial charge is 0.460 e. The Bertz CT molecular complexity index is 1180. The monoisotopic (exact) mass is 649 g/mol. The van der Waals surface area contributed by atoms with Crippen molar-refractivity contribution >= 4 is 35.8 Å². The van der Waals surface area contributed by atoms with Crippen LogP contribution < -0.4 is 16.0 Å². The van der Waals surface area contributed by atoms with Gasteiger partial charge in [-0.3, -0.25) is 14.4 Å². The van der Waals surface area contributed by atoms with Gasteiger partial charge in [-0.2, -0.15) is 0 Å². The number of carbonyl (C=O) groups is 6. The van der Waals surface area contributed by atoms with Gasteiger partial charge in [-0.05, 0) is 80.7 Å². The molecule has 2 unspecified atom stereocenters. The van der Waals surface area contributed by atoms with E-state index in [-0.39, 0.29) is 38.8 Å². The number of hydrogen-bond donors (Lipinski definition) is 3. The molecule has 0 heterocycles. The van der Waals surface area contributed by atoms with Crippen molar-refractivity contribution in [2.24, 2.45) is 0 Å². The highest BCUT2D eigenvalue weighted by Crippen LogP contribution is 2.15. The number of alkyl carbamates (subject to hydrolysis) is 1. The van der Waals surface area contributed by atoms with Crippen LogP contribution >= 0.6 is 0 Å². The molecule has 0 bridgehead atoms. The van der Waals surface area contributed by atoms with Gasteiger partial charge in [-0.1, -0.05) is 30.3 Å². The highest BCUT2D eigenvalue weighted by atomic mass is 16.6. The number of hydrogen-bond acceptors (Lipinski definition) is 10. The maximum absolute atomic E-state index is 13.1. The van der Waals surface area contributed by atoms with Crippen molar-refractivity contribution in [3.8, 4) is 0 Å². The summed E-state index contributed by atoms with van der Waals surface area (Å²) in [5, 5.41) is 7.59. The molecular weight excluding hydrogens is 598 g/mol. The van der Waals surface area contributed by atoms with Crippen molar-refractivity contribution in [1.82, 2.24) is 16.0 Å². The van der Waals surface area contributed by atoms with E-state index in [2.05, 4.69) is 16.0 Å².